The van der Waals surface area contributed by atoms with Gasteiger partial charge in [0.2, 0.25) is 5.17 Å². The summed E-state index contributed by atoms with van der Waals surface area (Å²) >= 11 is 1.36. The number of nitrogens with one attached hydrogen (secondary N) is 1. The van der Waals surface area contributed by atoms with Crippen molar-refractivity contribution < 1.29 is 4.79 Å². The SMILES string of the molecule is CC(C)C1=NN2C(=N)C(=Cc3cccn3Cc3cccc4ccccc34)C(=O)N=C2S1. The predicted octanol–water partition coefficient (Wildman–Crippen LogP) is 4.96. The van der Waals surface area contributed by atoms with Crippen LogP contribution in [-0.2, 0) is 11.3 Å². The molecule has 0 saturated heterocycles. The Hall–Kier alpha value is -3.45. The number of fused-ring (bicyclic) bond motifs is 2. The molecule has 0 bridgehead atoms. The van der Waals surface area contributed by atoms with E-state index in [1.807, 2.05) is 44.3 Å². The van der Waals surface area contributed by atoms with Crippen LogP contribution in [-0.4, -0.2) is 31.5 Å². The summed E-state index contributed by atoms with van der Waals surface area (Å²) in [6.07, 6.45) is 3.73. The van der Waals surface area contributed by atoms with Gasteiger partial charge >= 0.3 is 0 Å². The van der Waals surface area contributed by atoms with E-state index in [1.54, 1.807) is 6.08 Å². The first-order valence-electron chi connectivity index (χ1n) is 10.1. The number of amides is 1. The molecule has 1 aromatic heterocycles. The number of hydrogen-bond acceptors (Lipinski definition) is 4. The summed E-state index contributed by atoms with van der Waals surface area (Å²) in [5.41, 5.74) is 2.29. The van der Waals surface area contributed by atoms with E-state index in [4.69, 9.17) is 5.41 Å². The number of carbonyl (C=O) groups excluding carboxylic acids is 1. The summed E-state index contributed by atoms with van der Waals surface area (Å²) in [7, 11) is 0. The zero-order valence-electron chi connectivity index (χ0n) is 17.2. The third-order valence-electron chi connectivity index (χ3n) is 5.34. The minimum atomic E-state index is -0.401. The molecule has 154 valence electrons. The molecular weight excluding hydrogens is 406 g/mol. The Morgan fingerprint density at radius 3 is 2.74 bits per heavy atom. The Morgan fingerprint density at radius 1 is 1.10 bits per heavy atom. The number of hydrogen-bond donors (Lipinski definition) is 1. The number of carbonyl (C=O) groups is 1. The highest BCUT2D eigenvalue weighted by Crippen LogP contribution is 2.31. The van der Waals surface area contributed by atoms with Gasteiger partial charge in [-0.3, -0.25) is 10.2 Å². The maximum atomic E-state index is 12.7. The van der Waals surface area contributed by atoms with E-state index in [9.17, 15) is 4.79 Å². The molecule has 0 atom stereocenters. The fourth-order valence-electron chi connectivity index (χ4n) is 3.70. The van der Waals surface area contributed by atoms with Crippen LogP contribution in [0.25, 0.3) is 16.8 Å². The van der Waals surface area contributed by atoms with E-state index in [0.717, 1.165) is 10.7 Å². The fraction of sp³-hybridized carbons (Fsp3) is 0.167. The molecule has 0 spiro atoms. The summed E-state index contributed by atoms with van der Waals surface area (Å²) in [4.78, 5) is 16.9. The van der Waals surface area contributed by atoms with Gasteiger partial charge in [0, 0.05) is 24.4 Å². The fourth-order valence-corrected chi connectivity index (χ4v) is 4.60. The summed E-state index contributed by atoms with van der Waals surface area (Å²) in [5.74, 6) is -0.121. The van der Waals surface area contributed by atoms with E-state index in [0.29, 0.717) is 11.7 Å². The van der Waals surface area contributed by atoms with E-state index in [2.05, 4.69) is 45.0 Å². The monoisotopic (exact) mass is 427 g/mol. The molecule has 2 aliphatic heterocycles. The summed E-state index contributed by atoms with van der Waals surface area (Å²) in [6, 6.07) is 18.5. The highest BCUT2D eigenvalue weighted by Gasteiger charge is 2.36. The molecule has 0 aliphatic carbocycles. The highest BCUT2D eigenvalue weighted by molar-refractivity contribution is 8.27. The van der Waals surface area contributed by atoms with Crippen molar-refractivity contribution in [2.24, 2.45) is 16.0 Å². The number of rotatable bonds is 4. The molecule has 1 amide bonds. The van der Waals surface area contributed by atoms with Crippen LogP contribution >= 0.6 is 11.8 Å². The number of aromatic nitrogens is 1. The van der Waals surface area contributed by atoms with Crippen LogP contribution in [0, 0.1) is 11.3 Å². The second-order valence-corrected chi connectivity index (χ2v) is 8.80. The molecular formula is C24H21N5OS. The van der Waals surface area contributed by atoms with Crippen LogP contribution in [0.1, 0.15) is 25.1 Å². The molecule has 7 heteroatoms. The number of nitrogens with zero attached hydrogens (tertiary/aromatic N) is 4. The first-order valence-corrected chi connectivity index (χ1v) is 10.9. The molecule has 6 nitrogen and oxygen atoms in total. The maximum Gasteiger partial charge on any atom is 0.283 e. The number of amidine groups is 2. The second-order valence-electron chi connectivity index (χ2n) is 7.81. The van der Waals surface area contributed by atoms with Crippen LogP contribution in [0.3, 0.4) is 0 Å². The largest absolute Gasteiger partial charge is 0.344 e. The number of benzene rings is 2. The topological polar surface area (TPSA) is 73.8 Å². The van der Waals surface area contributed by atoms with Crippen molar-refractivity contribution in [2.75, 3.05) is 0 Å². The van der Waals surface area contributed by atoms with Gasteiger partial charge in [-0.1, -0.05) is 56.3 Å². The van der Waals surface area contributed by atoms with Crippen molar-refractivity contribution in [3.05, 3.63) is 77.6 Å². The zero-order valence-corrected chi connectivity index (χ0v) is 18.1. The average molecular weight is 428 g/mol. The van der Waals surface area contributed by atoms with E-state index in [1.165, 1.54) is 33.1 Å². The van der Waals surface area contributed by atoms with Gasteiger partial charge in [0.25, 0.3) is 5.91 Å². The van der Waals surface area contributed by atoms with Crippen LogP contribution in [0.5, 0.6) is 0 Å². The quantitative estimate of drug-likeness (QED) is 0.598. The molecule has 0 unspecified atom stereocenters. The Bertz CT molecular complexity index is 1310. The second kappa shape index (κ2) is 7.67. The van der Waals surface area contributed by atoms with Gasteiger partial charge in [0.1, 0.15) is 5.04 Å². The Morgan fingerprint density at radius 2 is 1.90 bits per heavy atom. The predicted molar refractivity (Wildman–Crippen MR) is 127 cm³/mol. The van der Waals surface area contributed by atoms with Crippen molar-refractivity contribution in [2.45, 2.75) is 20.4 Å². The zero-order chi connectivity index (χ0) is 21.5. The normalized spacial score (nSPS) is 17.5. The Labute approximate surface area is 184 Å². The standard InChI is InChI=1S/C24H21N5OS/c1-15(2)23-27-29-21(25)20(22(30)26-24(29)31-23)13-18-10-6-12-28(18)14-17-9-5-8-16-7-3-4-11-19(16)17/h3-13,15,25H,14H2,1-2H3. The van der Waals surface area contributed by atoms with Crippen molar-refractivity contribution in [3.8, 4) is 0 Å². The molecule has 3 heterocycles. The van der Waals surface area contributed by atoms with Gasteiger partial charge < -0.3 is 4.57 Å². The smallest absolute Gasteiger partial charge is 0.283 e. The molecule has 3 aromatic rings. The third kappa shape index (κ3) is 3.51. The van der Waals surface area contributed by atoms with Crippen molar-refractivity contribution in [1.82, 2.24) is 9.58 Å². The minimum Gasteiger partial charge on any atom is -0.344 e. The van der Waals surface area contributed by atoms with Gasteiger partial charge in [-0.05, 0) is 46.3 Å². The number of hydrazone groups is 1. The molecule has 2 aromatic carbocycles. The summed E-state index contributed by atoms with van der Waals surface area (Å²) in [5, 5.41) is 18.2. The summed E-state index contributed by atoms with van der Waals surface area (Å²) in [6.45, 7) is 4.74. The number of thioether (sulfide) groups is 1. The van der Waals surface area contributed by atoms with Crippen LogP contribution in [0.4, 0.5) is 0 Å². The van der Waals surface area contributed by atoms with Gasteiger partial charge in [0.05, 0.1) is 5.57 Å². The Kier molecular flexibility index (Phi) is 4.82. The molecule has 31 heavy (non-hydrogen) atoms. The molecule has 0 radical (unpaired) electrons. The minimum absolute atomic E-state index is 0.0658. The van der Waals surface area contributed by atoms with Crippen molar-refractivity contribution in [1.29, 1.82) is 5.41 Å². The van der Waals surface area contributed by atoms with Crippen molar-refractivity contribution in [3.63, 3.8) is 0 Å². The first-order chi connectivity index (χ1) is 15.0. The first kappa shape index (κ1) is 19.5. The lowest BCUT2D eigenvalue weighted by Crippen LogP contribution is -2.35. The van der Waals surface area contributed by atoms with Gasteiger partial charge in [-0.15, -0.1) is 0 Å². The number of aliphatic imine (C=N–C) groups is 1. The van der Waals surface area contributed by atoms with Gasteiger partial charge in [-0.2, -0.15) is 15.1 Å². The van der Waals surface area contributed by atoms with Gasteiger partial charge in [-0.25, -0.2) is 0 Å². The third-order valence-corrected chi connectivity index (χ3v) is 6.55. The van der Waals surface area contributed by atoms with E-state index >= 15 is 0 Å². The molecule has 2 aliphatic rings. The Balaban J connectivity index is 1.49. The lowest BCUT2D eigenvalue weighted by atomic mass is 10.0. The molecule has 0 fully saturated rings. The van der Waals surface area contributed by atoms with Crippen LogP contribution in [0.15, 0.2) is 76.5 Å². The molecule has 1 N–H and O–H groups in total. The van der Waals surface area contributed by atoms with E-state index in [-0.39, 0.29) is 17.3 Å². The molecule has 5 rings (SSSR count). The summed E-state index contributed by atoms with van der Waals surface area (Å²) < 4.78 is 2.08. The highest BCUT2D eigenvalue weighted by atomic mass is 32.2. The van der Waals surface area contributed by atoms with Crippen LogP contribution in [0.2, 0.25) is 0 Å². The maximum absolute atomic E-state index is 12.7. The van der Waals surface area contributed by atoms with Crippen LogP contribution < -0.4 is 0 Å². The van der Waals surface area contributed by atoms with Crippen molar-refractivity contribution >= 4 is 50.6 Å². The lowest BCUT2D eigenvalue weighted by molar-refractivity contribution is -0.114. The van der Waals surface area contributed by atoms with Gasteiger partial charge in [0.15, 0.2) is 5.84 Å². The average Bonchev–Trinajstić information content (AvgIpc) is 3.38. The molecule has 0 saturated carbocycles. The van der Waals surface area contributed by atoms with E-state index < -0.39 is 5.91 Å². The lowest BCUT2D eigenvalue weighted by Gasteiger charge is -2.20.